The number of carbonyl (C=O) groups excluding carboxylic acids is 1. The fourth-order valence-electron chi connectivity index (χ4n) is 3.88. The van der Waals surface area contributed by atoms with Crippen LogP contribution in [-0.2, 0) is 13.1 Å². The molecular weight excluding hydrogens is 344 g/mol. The molecule has 4 nitrogen and oxygen atoms in total. The number of fused-ring (bicyclic) bond motifs is 1. The first-order valence-corrected chi connectivity index (χ1v) is 9.76. The van der Waals surface area contributed by atoms with Gasteiger partial charge in [0.15, 0.2) is 4.93 Å². The molecule has 2 aromatic rings. The first-order valence-electron chi connectivity index (χ1n) is 8.77. The summed E-state index contributed by atoms with van der Waals surface area (Å²) >= 11 is 1.47. The molecule has 0 aromatic heterocycles. The van der Waals surface area contributed by atoms with Crippen LogP contribution in [0, 0.1) is 0 Å². The van der Waals surface area contributed by atoms with Crippen molar-refractivity contribution in [2.45, 2.75) is 30.1 Å². The van der Waals surface area contributed by atoms with Crippen LogP contribution >= 0.6 is 11.8 Å². The van der Waals surface area contributed by atoms with Gasteiger partial charge in [0, 0.05) is 18.8 Å². The molecule has 0 aliphatic carbocycles. The average molecular weight is 366 g/mol. The molecule has 2 fully saturated rings. The van der Waals surface area contributed by atoms with Gasteiger partial charge in [-0.25, -0.2) is 4.79 Å². The van der Waals surface area contributed by atoms with Gasteiger partial charge in [0.1, 0.15) is 0 Å². The molecule has 5 heteroatoms. The van der Waals surface area contributed by atoms with E-state index in [0.717, 1.165) is 11.1 Å². The summed E-state index contributed by atoms with van der Waals surface area (Å²) in [4.78, 5) is 15.8. The number of rotatable bonds is 5. The lowest BCUT2D eigenvalue weighted by atomic mass is 10.0. The van der Waals surface area contributed by atoms with Crippen LogP contribution in [0.25, 0.3) is 0 Å². The van der Waals surface area contributed by atoms with E-state index in [4.69, 9.17) is 0 Å². The number of hydrogen-bond donors (Lipinski definition) is 1. The van der Waals surface area contributed by atoms with Gasteiger partial charge in [0.25, 0.3) is 0 Å². The van der Waals surface area contributed by atoms with E-state index in [1.165, 1.54) is 11.8 Å². The molecule has 134 valence electrons. The lowest BCUT2D eigenvalue weighted by Crippen LogP contribution is -2.47. The predicted molar refractivity (Wildman–Crippen MR) is 105 cm³/mol. The van der Waals surface area contributed by atoms with Crippen molar-refractivity contribution in [2.24, 2.45) is 0 Å². The quantitative estimate of drug-likeness (QED) is 0.651. The highest BCUT2D eigenvalue weighted by Gasteiger charge is 2.58. The molecule has 0 radical (unpaired) electrons. The summed E-state index contributed by atoms with van der Waals surface area (Å²) in [6.45, 7) is 4.87. The van der Waals surface area contributed by atoms with Crippen molar-refractivity contribution in [1.29, 1.82) is 0 Å². The molecule has 2 aliphatic rings. The highest BCUT2D eigenvalue weighted by atomic mass is 32.2. The highest BCUT2D eigenvalue weighted by Crippen LogP contribution is 2.47. The fraction of sp³-hybridized carbons (Fsp3) is 0.286. The van der Waals surface area contributed by atoms with E-state index in [-0.39, 0.29) is 18.1 Å². The van der Waals surface area contributed by atoms with E-state index in [9.17, 15) is 9.90 Å². The minimum atomic E-state index is -1.11. The minimum absolute atomic E-state index is 0.0201. The number of aliphatic hydroxyl groups is 1. The summed E-state index contributed by atoms with van der Waals surface area (Å²) in [7, 11) is 0. The molecule has 2 aromatic carbocycles. The first kappa shape index (κ1) is 17.2. The number of urea groups is 1. The van der Waals surface area contributed by atoms with Crippen LogP contribution in [0.2, 0.25) is 0 Å². The van der Waals surface area contributed by atoms with Crippen LogP contribution in [0.5, 0.6) is 0 Å². The van der Waals surface area contributed by atoms with Crippen LogP contribution in [-0.4, -0.2) is 43.7 Å². The maximum atomic E-state index is 13.2. The van der Waals surface area contributed by atoms with Gasteiger partial charge in [0.2, 0.25) is 0 Å². The Morgan fingerprint density at radius 3 is 2.12 bits per heavy atom. The van der Waals surface area contributed by atoms with Crippen LogP contribution in [0.1, 0.15) is 11.1 Å². The zero-order valence-electron chi connectivity index (χ0n) is 14.5. The Labute approximate surface area is 158 Å². The van der Waals surface area contributed by atoms with Gasteiger partial charge in [-0.2, -0.15) is 0 Å². The topological polar surface area (TPSA) is 43.8 Å². The molecule has 2 saturated heterocycles. The third kappa shape index (κ3) is 2.91. The largest absolute Gasteiger partial charge is 0.374 e. The van der Waals surface area contributed by atoms with Crippen molar-refractivity contribution in [3.8, 4) is 0 Å². The van der Waals surface area contributed by atoms with Gasteiger partial charge >= 0.3 is 6.03 Å². The maximum absolute atomic E-state index is 13.2. The molecule has 2 heterocycles. The monoisotopic (exact) mass is 366 g/mol. The zero-order chi connectivity index (χ0) is 18.1. The standard InChI is InChI=1S/C21H22N2O2S/c1-2-21(25)19-18(15-26-21)22(13-16-9-5-3-6-10-16)20(24)23(19)14-17-11-7-4-8-12-17/h2-12,18-19,25H,1,13-15H2/t18-,19-,21?/m0/s1. The van der Waals surface area contributed by atoms with Crippen LogP contribution in [0.4, 0.5) is 4.79 Å². The number of nitrogens with zero attached hydrogens (tertiary/aromatic N) is 2. The second-order valence-electron chi connectivity index (χ2n) is 6.79. The first-order chi connectivity index (χ1) is 12.6. The van der Waals surface area contributed by atoms with Crippen LogP contribution < -0.4 is 0 Å². The molecule has 3 atom stereocenters. The van der Waals surface area contributed by atoms with Crippen molar-refractivity contribution in [3.05, 3.63) is 84.4 Å². The molecule has 2 aliphatic heterocycles. The molecule has 1 N–H and O–H groups in total. The third-order valence-corrected chi connectivity index (χ3v) is 6.56. The Hall–Kier alpha value is -2.24. The summed E-state index contributed by atoms with van der Waals surface area (Å²) in [5.74, 6) is 0.705. The van der Waals surface area contributed by atoms with Crippen LogP contribution in [0.3, 0.4) is 0 Å². The zero-order valence-corrected chi connectivity index (χ0v) is 15.3. The Morgan fingerprint density at radius 2 is 1.58 bits per heavy atom. The summed E-state index contributed by atoms with van der Waals surface area (Å²) in [6, 6.07) is 19.6. The van der Waals surface area contributed by atoms with Gasteiger partial charge in [-0.15, -0.1) is 11.8 Å². The summed E-state index contributed by atoms with van der Waals surface area (Å²) < 4.78 is 0. The molecule has 0 saturated carbocycles. The van der Waals surface area contributed by atoms with Gasteiger partial charge < -0.3 is 14.9 Å². The molecule has 2 amide bonds. The van der Waals surface area contributed by atoms with E-state index in [2.05, 4.69) is 6.58 Å². The Balaban J connectivity index is 1.66. The summed E-state index contributed by atoms with van der Waals surface area (Å²) in [6.07, 6.45) is 1.58. The van der Waals surface area contributed by atoms with Crippen molar-refractivity contribution in [2.75, 3.05) is 5.75 Å². The van der Waals surface area contributed by atoms with E-state index >= 15 is 0 Å². The SMILES string of the molecule is C=CC1(O)SC[C@H]2[C@@H]1N(Cc1ccccc1)C(=O)N2Cc1ccccc1. The smallest absolute Gasteiger partial charge is 0.321 e. The van der Waals surface area contributed by atoms with Gasteiger partial charge in [0.05, 0.1) is 12.1 Å². The van der Waals surface area contributed by atoms with E-state index in [0.29, 0.717) is 18.8 Å². The lowest BCUT2D eigenvalue weighted by molar-refractivity contribution is 0.0880. The minimum Gasteiger partial charge on any atom is -0.374 e. The predicted octanol–water partition coefficient (Wildman–Crippen LogP) is 3.48. The van der Waals surface area contributed by atoms with E-state index in [1.807, 2.05) is 70.5 Å². The van der Waals surface area contributed by atoms with Crippen molar-refractivity contribution in [1.82, 2.24) is 9.80 Å². The van der Waals surface area contributed by atoms with Crippen molar-refractivity contribution in [3.63, 3.8) is 0 Å². The fourth-order valence-corrected chi connectivity index (χ4v) is 5.25. The molecule has 0 spiro atoms. The Bertz CT molecular complexity index is 798. The second kappa shape index (κ2) is 6.82. The van der Waals surface area contributed by atoms with Gasteiger partial charge in [-0.1, -0.05) is 67.2 Å². The van der Waals surface area contributed by atoms with Crippen LogP contribution in [0.15, 0.2) is 73.3 Å². The lowest BCUT2D eigenvalue weighted by Gasteiger charge is -2.31. The normalized spacial score (nSPS) is 27.7. The van der Waals surface area contributed by atoms with E-state index in [1.54, 1.807) is 6.08 Å². The number of hydrogen-bond acceptors (Lipinski definition) is 3. The molecule has 4 rings (SSSR count). The van der Waals surface area contributed by atoms with Gasteiger partial charge in [-0.05, 0) is 17.2 Å². The highest BCUT2D eigenvalue weighted by molar-refractivity contribution is 8.01. The molecule has 26 heavy (non-hydrogen) atoms. The second-order valence-corrected chi connectivity index (χ2v) is 8.06. The molecule has 1 unspecified atom stereocenters. The Kier molecular flexibility index (Phi) is 4.51. The summed E-state index contributed by atoms with van der Waals surface area (Å²) in [5, 5.41) is 11.0. The number of carbonyl (C=O) groups is 1. The average Bonchev–Trinajstić information content (AvgIpc) is 3.15. The van der Waals surface area contributed by atoms with Crippen molar-refractivity contribution < 1.29 is 9.90 Å². The number of amides is 2. The third-order valence-electron chi connectivity index (χ3n) is 5.19. The summed E-state index contributed by atoms with van der Waals surface area (Å²) in [5.41, 5.74) is 2.16. The maximum Gasteiger partial charge on any atom is 0.321 e. The van der Waals surface area contributed by atoms with Crippen molar-refractivity contribution >= 4 is 17.8 Å². The number of thioether (sulfide) groups is 1. The molecular formula is C21H22N2O2S. The van der Waals surface area contributed by atoms with Gasteiger partial charge in [-0.3, -0.25) is 0 Å². The Morgan fingerprint density at radius 1 is 1.04 bits per heavy atom. The van der Waals surface area contributed by atoms with E-state index < -0.39 is 4.93 Å². The molecule has 0 bridgehead atoms. The number of benzene rings is 2.